The van der Waals surface area contributed by atoms with Gasteiger partial charge in [-0.2, -0.15) is 0 Å². The maximum atomic E-state index is 13.3. The van der Waals surface area contributed by atoms with Gasteiger partial charge in [-0.25, -0.2) is 4.39 Å². The third kappa shape index (κ3) is 3.67. The highest BCUT2D eigenvalue weighted by molar-refractivity contribution is 5.77. The maximum absolute atomic E-state index is 13.3. The first-order valence-electron chi connectivity index (χ1n) is 8.31. The number of halogens is 1. The minimum atomic E-state index is -1.01. The summed E-state index contributed by atoms with van der Waals surface area (Å²) in [7, 11) is 0. The van der Waals surface area contributed by atoms with Crippen molar-refractivity contribution in [3.05, 3.63) is 59.8 Å². The summed E-state index contributed by atoms with van der Waals surface area (Å²) >= 11 is 0. The molecule has 0 bridgehead atoms. The minimum Gasteiger partial charge on any atom is -0.467 e. The van der Waals surface area contributed by atoms with Crippen LogP contribution in [0.3, 0.4) is 0 Å². The second-order valence-corrected chi connectivity index (χ2v) is 6.52. The first-order valence-corrected chi connectivity index (χ1v) is 8.31. The predicted molar refractivity (Wildman–Crippen MR) is 87.5 cm³/mol. The van der Waals surface area contributed by atoms with E-state index in [1.807, 2.05) is 12.1 Å². The molecule has 1 amide bonds. The van der Waals surface area contributed by atoms with E-state index in [0.29, 0.717) is 18.0 Å². The Morgan fingerprint density at radius 3 is 2.96 bits per heavy atom. The zero-order chi connectivity index (χ0) is 17.1. The number of nitrogens with zero attached hydrogens (tertiary/aromatic N) is 1. The summed E-state index contributed by atoms with van der Waals surface area (Å²) in [5, 5.41) is 10.3. The lowest BCUT2D eigenvalue weighted by molar-refractivity contribution is -0.138. The van der Waals surface area contributed by atoms with Crippen molar-refractivity contribution in [2.75, 3.05) is 6.54 Å². The van der Waals surface area contributed by atoms with E-state index in [0.717, 1.165) is 18.6 Å². The molecule has 3 unspecified atom stereocenters. The summed E-state index contributed by atoms with van der Waals surface area (Å²) in [6.07, 6.45) is 2.31. The summed E-state index contributed by atoms with van der Waals surface area (Å²) in [6.45, 7) is 2.81. The van der Waals surface area contributed by atoms with Crippen LogP contribution in [0, 0.1) is 11.7 Å². The highest BCUT2D eigenvalue weighted by Gasteiger charge is 2.33. The lowest BCUT2D eigenvalue weighted by Gasteiger charge is -2.38. The van der Waals surface area contributed by atoms with Crippen LogP contribution in [0.25, 0.3) is 0 Å². The molecule has 2 heterocycles. The highest BCUT2D eigenvalue weighted by atomic mass is 19.1. The lowest BCUT2D eigenvalue weighted by atomic mass is 9.90. The Morgan fingerprint density at radius 2 is 2.25 bits per heavy atom. The van der Waals surface area contributed by atoms with Gasteiger partial charge in [-0.1, -0.05) is 19.1 Å². The van der Waals surface area contributed by atoms with Crippen LogP contribution in [0.4, 0.5) is 4.39 Å². The zero-order valence-corrected chi connectivity index (χ0v) is 13.7. The Morgan fingerprint density at radius 1 is 1.42 bits per heavy atom. The molecule has 1 N–H and O–H groups in total. The number of carbonyl (C=O) groups is 1. The van der Waals surface area contributed by atoms with E-state index in [9.17, 15) is 14.3 Å². The van der Waals surface area contributed by atoms with Crippen LogP contribution in [-0.4, -0.2) is 22.5 Å². The van der Waals surface area contributed by atoms with Crippen molar-refractivity contribution in [3.63, 3.8) is 0 Å². The zero-order valence-electron chi connectivity index (χ0n) is 13.7. The van der Waals surface area contributed by atoms with Gasteiger partial charge in [-0.05, 0) is 48.6 Å². The van der Waals surface area contributed by atoms with Crippen molar-refractivity contribution in [2.24, 2.45) is 5.92 Å². The molecule has 0 spiro atoms. The van der Waals surface area contributed by atoms with Gasteiger partial charge in [0.1, 0.15) is 11.6 Å². The fourth-order valence-electron chi connectivity index (χ4n) is 3.31. The number of piperidine rings is 1. The number of benzene rings is 1. The molecular weight excluding hydrogens is 309 g/mol. The van der Waals surface area contributed by atoms with E-state index in [4.69, 9.17) is 4.42 Å². The smallest absolute Gasteiger partial charge is 0.226 e. The number of rotatable bonds is 4. The first-order chi connectivity index (χ1) is 11.5. The summed E-state index contributed by atoms with van der Waals surface area (Å²) in [5.41, 5.74) is 0.420. The molecule has 3 rings (SSSR count). The van der Waals surface area contributed by atoms with Crippen LogP contribution in [0.1, 0.15) is 49.7 Å². The molecule has 1 aromatic carbocycles. The molecule has 1 aromatic heterocycles. The fraction of sp³-hybridized carbons (Fsp3) is 0.421. The van der Waals surface area contributed by atoms with Crippen LogP contribution in [-0.2, 0) is 4.79 Å². The largest absolute Gasteiger partial charge is 0.467 e. The Hall–Kier alpha value is -2.14. The average molecular weight is 331 g/mol. The summed E-state index contributed by atoms with van der Waals surface area (Å²) < 4.78 is 18.8. The topological polar surface area (TPSA) is 53.7 Å². The Labute approximate surface area is 140 Å². The fourth-order valence-corrected chi connectivity index (χ4v) is 3.31. The van der Waals surface area contributed by atoms with Gasteiger partial charge in [-0.15, -0.1) is 0 Å². The van der Waals surface area contributed by atoms with Crippen LogP contribution < -0.4 is 0 Å². The summed E-state index contributed by atoms with van der Waals surface area (Å²) in [4.78, 5) is 14.5. The quantitative estimate of drug-likeness (QED) is 0.926. The Kier molecular flexibility index (Phi) is 5.00. The standard InChI is InChI=1S/C19H22FNO3/c1-13-7-8-21(16(10-13)18-6-3-9-24-18)19(23)12-17(22)14-4-2-5-15(20)11-14/h2-6,9,11,13,16-17,22H,7-8,10,12H2,1H3. The number of aliphatic hydroxyl groups is 1. The van der Waals surface area contributed by atoms with Crippen molar-refractivity contribution >= 4 is 5.91 Å². The van der Waals surface area contributed by atoms with Crippen molar-refractivity contribution in [3.8, 4) is 0 Å². The molecule has 0 aliphatic carbocycles. The number of carbonyl (C=O) groups excluding carboxylic acids is 1. The van der Waals surface area contributed by atoms with Gasteiger partial charge >= 0.3 is 0 Å². The maximum Gasteiger partial charge on any atom is 0.226 e. The molecule has 128 valence electrons. The molecule has 24 heavy (non-hydrogen) atoms. The molecule has 1 aliphatic heterocycles. The van der Waals surface area contributed by atoms with Gasteiger partial charge in [0.15, 0.2) is 0 Å². The van der Waals surface area contributed by atoms with E-state index in [2.05, 4.69) is 6.92 Å². The molecule has 1 saturated heterocycles. The van der Waals surface area contributed by atoms with Gasteiger partial charge < -0.3 is 14.4 Å². The van der Waals surface area contributed by atoms with Crippen LogP contribution in [0.2, 0.25) is 0 Å². The molecule has 1 fully saturated rings. The van der Waals surface area contributed by atoms with E-state index >= 15 is 0 Å². The average Bonchev–Trinajstić information content (AvgIpc) is 3.09. The number of hydrogen-bond acceptors (Lipinski definition) is 3. The molecule has 4 nitrogen and oxygen atoms in total. The number of likely N-dealkylation sites (tertiary alicyclic amines) is 1. The van der Waals surface area contributed by atoms with E-state index in [1.165, 1.54) is 18.2 Å². The normalized spacial score (nSPS) is 22.4. The van der Waals surface area contributed by atoms with E-state index in [1.54, 1.807) is 17.2 Å². The lowest BCUT2D eigenvalue weighted by Crippen LogP contribution is -2.41. The Bertz CT molecular complexity index is 686. The molecule has 0 radical (unpaired) electrons. The van der Waals surface area contributed by atoms with Gasteiger partial charge in [0.2, 0.25) is 5.91 Å². The first kappa shape index (κ1) is 16.7. The number of furan rings is 1. The second-order valence-electron chi connectivity index (χ2n) is 6.52. The highest BCUT2D eigenvalue weighted by Crippen LogP contribution is 2.35. The second kappa shape index (κ2) is 7.18. The van der Waals surface area contributed by atoms with Gasteiger partial charge in [0, 0.05) is 6.54 Å². The molecular formula is C19H22FNO3. The molecule has 5 heteroatoms. The van der Waals surface area contributed by atoms with Gasteiger partial charge in [-0.3, -0.25) is 4.79 Å². The van der Waals surface area contributed by atoms with Crippen LogP contribution in [0.15, 0.2) is 47.1 Å². The monoisotopic (exact) mass is 331 g/mol. The van der Waals surface area contributed by atoms with Crippen molar-refractivity contribution in [1.29, 1.82) is 0 Å². The number of hydrogen-bond donors (Lipinski definition) is 1. The summed E-state index contributed by atoms with van der Waals surface area (Å²) in [5.74, 6) is 0.728. The number of amides is 1. The molecule has 1 aliphatic rings. The van der Waals surface area contributed by atoms with Crippen molar-refractivity contribution in [2.45, 2.75) is 38.3 Å². The van der Waals surface area contributed by atoms with Gasteiger partial charge in [0.25, 0.3) is 0 Å². The third-order valence-electron chi connectivity index (χ3n) is 4.66. The van der Waals surface area contributed by atoms with Gasteiger partial charge in [0.05, 0.1) is 24.8 Å². The number of aliphatic hydroxyl groups excluding tert-OH is 1. The van der Waals surface area contributed by atoms with E-state index in [-0.39, 0.29) is 18.4 Å². The van der Waals surface area contributed by atoms with Crippen LogP contribution >= 0.6 is 0 Å². The van der Waals surface area contributed by atoms with Crippen LogP contribution in [0.5, 0.6) is 0 Å². The SMILES string of the molecule is CC1CCN(C(=O)CC(O)c2cccc(F)c2)C(c2ccco2)C1. The van der Waals surface area contributed by atoms with Crippen molar-refractivity contribution in [1.82, 2.24) is 4.90 Å². The summed E-state index contributed by atoms with van der Waals surface area (Å²) in [6, 6.07) is 9.34. The predicted octanol–water partition coefficient (Wildman–Crippen LogP) is 3.84. The molecule has 0 saturated carbocycles. The van der Waals surface area contributed by atoms with E-state index < -0.39 is 11.9 Å². The Balaban J connectivity index is 1.72. The molecule has 3 atom stereocenters. The third-order valence-corrected chi connectivity index (χ3v) is 4.66. The van der Waals surface area contributed by atoms with Crippen molar-refractivity contribution < 1.29 is 18.7 Å². The minimum absolute atomic E-state index is 0.0605. The molecule has 2 aromatic rings.